The van der Waals surface area contributed by atoms with Gasteiger partial charge in [-0.15, -0.1) is 0 Å². The molecule has 1 atom stereocenters. The number of hydrogen-bond donors (Lipinski definition) is 2. The summed E-state index contributed by atoms with van der Waals surface area (Å²) in [4.78, 5) is 11.4. The predicted octanol–water partition coefficient (Wildman–Crippen LogP) is 1.13. The smallest absolute Gasteiger partial charge is 0.241 e. The van der Waals surface area contributed by atoms with Crippen LogP contribution in [0.15, 0.2) is 24.3 Å². The van der Waals surface area contributed by atoms with Gasteiger partial charge in [-0.3, -0.25) is 4.79 Å². The zero-order chi connectivity index (χ0) is 9.97. The highest BCUT2D eigenvalue weighted by atomic mass is 19.1. The van der Waals surface area contributed by atoms with E-state index in [1.807, 2.05) is 0 Å². The van der Waals surface area contributed by atoms with Crippen LogP contribution in [0.4, 0.5) is 10.1 Å². The largest absolute Gasteiger partial charge is 0.325 e. The first-order valence-electron chi connectivity index (χ1n) is 4.55. The van der Waals surface area contributed by atoms with Crippen LogP contribution in [0.2, 0.25) is 0 Å². The van der Waals surface area contributed by atoms with Gasteiger partial charge in [0.15, 0.2) is 0 Å². The molecule has 2 N–H and O–H groups in total. The number of halogens is 1. The van der Waals surface area contributed by atoms with Crippen molar-refractivity contribution in [1.82, 2.24) is 5.32 Å². The molecular formula is C10H11FN2O. The van der Waals surface area contributed by atoms with Gasteiger partial charge >= 0.3 is 0 Å². The minimum atomic E-state index is -0.301. The molecule has 0 saturated carbocycles. The summed E-state index contributed by atoms with van der Waals surface area (Å²) in [5, 5.41) is 5.69. The molecule has 1 amide bonds. The lowest BCUT2D eigenvalue weighted by Gasteiger charge is -2.26. The fraction of sp³-hybridized carbons (Fsp3) is 0.300. The van der Waals surface area contributed by atoms with Crippen molar-refractivity contribution >= 4 is 11.6 Å². The molecule has 0 spiro atoms. The van der Waals surface area contributed by atoms with E-state index in [9.17, 15) is 9.18 Å². The van der Waals surface area contributed by atoms with E-state index in [4.69, 9.17) is 0 Å². The molecule has 74 valence electrons. The Hall–Kier alpha value is -1.42. The van der Waals surface area contributed by atoms with Gasteiger partial charge in [-0.25, -0.2) is 4.39 Å². The van der Waals surface area contributed by atoms with Crippen molar-refractivity contribution in [1.29, 1.82) is 0 Å². The van der Waals surface area contributed by atoms with Crippen molar-refractivity contribution in [2.24, 2.45) is 0 Å². The third kappa shape index (κ3) is 1.90. The summed E-state index contributed by atoms with van der Waals surface area (Å²) in [7, 11) is 0. The Balaban J connectivity index is 1.96. The van der Waals surface area contributed by atoms with E-state index in [2.05, 4.69) is 10.6 Å². The van der Waals surface area contributed by atoms with E-state index in [1.165, 1.54) is 12.1 Å². The summed E-state index contributed by atoms with van der Waals surface area (Å²) in [5.74, 6) is -0.354. The highest BCUT2D eigenvalue weighted by Gasteiger charge is 2.24. The average Bonchev–Trinajstić information content (AvgIpc) is 2.06. The van der Waals surface area contributed by atoms with E-state index in [1.54, 1.807) is 12.1 Å². The molecule has 1 aliphatic heterocycles. The molecule has 1 unspecified atom stereocenters. The van der Waals surface area contributed by atoms with Crippen LogP contribution < -0.4 is 10.6 Å². The van der Waals surface area contributed by atoms with E-state index in [0.29, 0.717) is 5.69 Å². The topological polar surface area (TPSA) is 41.1 Å². The van der Waals surface area contributed by atoms with Gasteiger partial charge in [0, 0.05) is 5.69 Å². The number of anilines is 1. The Morgan fingerprint density at radius 3 is 2.57 bits per heavy atom. The second-order valence-electron chi connectivity index (χ2n) is 3.29. The summed E-state index contributed by atoms with van der Waals surface area (Å²) < 4.78 is 12.5. The molecule has 0 radical (unpaired) electrons. The second-order valence-corrected chi connectivity index (χ2v) is 3.29. The molecule has 1 saturated heterocycles. The predicted molar refractivity (Wildman–Crippen MR) is 51.4 cm³/mol. The number of carbonyl (C=O) groups excluding carboxylic acids is 1. The van der Waals surface area contributed by atoms with Crippen molar-refractivity contribution in [3.63, 3.8) is 0 Å². The summed E-state index contributed by atoms with van der Waals surface area (Å²) in [6.07, 6.45) is 0.868. The molecule has 3 nitrogen and oxygen atoms in total. The lowest BCUT2D eigenvalue weighted by molar-refractivity contribution is -0.119. The fourth-order valence-electron chi connectivity index (χ4n) is 1.28. The summed E-state index contributed by atoms with van der Waals surface area (Å²) in [6.45, 7) is 0.890. The van der Waals surface area contributed by atoms with E-state index >= 15 is 0 Å². The lowest BCUT2D eigenvalue weighted by atomic mass is 10.1. The van der Waals surface area contributed by atoms with Gasteiger partial charge in [0.2, 0.25) is 5.91 Å². The highest BCUT2D eigenvalue weighted by molar-refractivity contribution is 5.95. The maximum atomic E-state index is 12.5. The van der Waals surface area contributed by atoms with Gasteiger partial charge in [0.1, 0.15) is 5.82 Å². The fourth-order valence-corrected chi connectivity index (χ4v) is 1.28. The van der Waals surface area contributed by atoms with E-state index < -0.39 is 0 Å². The van der Waals surface area contributed by atoms with Crippen LogP contribution in [0, 0.1) is 5.82 Å². The molecule has 1 aromatic rings. The standard InChI is InChI=1S/C10H11FN2O/c11-7-1-3-8(4-2-7)13-10(14)9-5-6-12-9/h1-4,9,12H,5-6H2,(H,13,14). The first-order valence-corrected chi connectivity index (χ1v) is 4.55. The lowest BCUT2D eigenvalue weighted by Crippen LogP contribution is -2.50. The molecule has 0 aromatic heterocycles. The quantitative estimate of drug-likeness (QED) is 0.740. The molecule has 4 heteroatoms. The summed E-state index contributed by atoms with van der Waals surface area (Å²) in [5.41, 5.74) is 0.630. The van der Waals surface area contributed by atoms with Gasteiger partial charge in [0.25, 0.3) is 0 Å². The van der Waals surface area contributed by atoms with Crippen LogP contribution in [0.5, 0.6) is 0 Å². The first-order chi connectivity index (χ1) is 6.75. The highest BCUT2D eigenvalue weighted by Crippen LogP contribution is 2.10. The molecule has 0 aliphatic carbocycles. The maximum absolute atomic E-state index is 12.5. The van der Waals surface area contributed by atoms with Crippen LogP contribution in [-0.4, -0.2) is 18.5 Å². The zero-order valence-corrected chi connectivity index (χ0v) is 7.59. The van der Waals surface area contributed by atoms with Crippen LogP contribution in [0.25, 0.3) is 0 Å². The average molecular weight is 194 g/mol. The first kappa shape index (κ1) is 9.15. The minimum absolute atomic E-state index is 0.0529. The maximum Gasteiger partial charge on any atom is 0.241 e. The van der Waals surface area contributed by atoms with Crippen LogP contribution >= 0.6 is 0 Å². The molecule has 1 aliphatic rings. The van der Waals surface area contributed by atoms with Crippen molar-refractivity contribution < 1.29 is 9.18 Å². The number of rotatable bonds is 2. The van der Waals surface area contributed by atoms with Gasteiger partial charge < -0.3 is 10.6 Å². The molecule has 1 fully saturated rings. The second kappa shape index (κ2) is 3.75. The Kier molecular flexibility index (Phi) is 2.45. The molecule has 1 aromatic carbocycles. The van der Waals surface area contributed by atoms with Gasteiger partial charge in [0.05, 0.1) is 6.04 Å². The number of benzene rings is 1. The Bertz CT molecular complexity index is 332. The Labute approximate surface area is 81.3 Å². The number of carbonyl (C=O) groups is 1. The summed E-state index contributed by atoms with van der Waals surface area (Å²) >= 11 is 0. The minimum Gasteiger partial charge on any atom is -0.325 e. The van der Waals surface area contributed by atoms with Crippen molar-refractivity contribution in [2.75, 3.05) is 11.9 Å². The van der Waals surface area contributed by atoms with Gasteiger partial charge in [-0.2, -0.15) is 0 Å². The summed E-state index contributed by atoms with van der Waals surface area (Å²) in [6, 6.07) is 5.66. The number of hydrogen-bond acceptors (Lipinski definition) is 2. The van der Waals surface area contributed by atoms with Crippen molar-refractivity contribution in [3.05, 3.63) is 30.1 Å². The number of amides is 1. The number of nitrogens with one attached hydrogen (secondary N) is 2. The van der Waals surface area contributed by atoms with Gasteiger partial charge in [-0.1, -0.05) is 0 Å². The van der Waals surface area contributed by atoms with Crippen molar-refractivity contribution in [2.45, 2.75) is 12.5 Å². The van der Waals surface area contributed by atoms with Crippen molar-refractivity contribution in [3.8, 4) is 0 Å². The van der Waals surface area contributed by atoms with Gasteiger partial charge in [-0.05, 0) is 37.2 Å². The SMILES string of the molecule is O=C(Nc1ccc(F)cc1)C1CCN1. The molecular weight excluding hydrogens is 183 g/mol. The molecule has 0 bridgehead atoms. The van der Waals surface area contributed by atoms with Crippen LogP contribution in [0.3, 0.4) is 0 Å². The van der Waals surface area contributed by atoms with E-state index in [0.717, 1.165) is 13.0 Å². The van der Waals surface area contributed by atoms with Crippen LogP contribution in [-0.2, 0) is 4.79 Å². The normalized spacial score (nSPS) is 19.9. The van der Waals surface area contributed by atoms with E-state index in [-0.39, 0.29) is 17.8 Å². The zero-order valence-electron chi connectivity index (χ0n) is 7.59. The molecule has 1 heterocycles. The Morgan fingerprint density at radius 2 is 2.07 bits per heavy atom. The third-order valence-corrected chi connectivity index (χ3v) is 2.25. The molecule has 2 rings (SSSR count). The molecule has 14 heavy (non-hydrogen) atoms. The van der Waals surface area contributed by atoms with Crippen LogP contribution in [0.1, 0.15) is 6.42 Å². The third-order valence-electron chi connectivity index (χ3n) is 2.25. The Morgan fingerprint density at radius 1 is 1.43 bits per heavy atom. The monoisotopic (exact) mass is 194 g/mol.